The van der Waals surface area contributed by atoms with Gasteiger partial charge in [0.05, 0.1) is 6.61 Å². The van der Waals surface area contributed by atoms with Gasteiger partial charge >= 0.3 is 0 Å². The molecule has 0 atom stereocenters. The molecule has 10 heavy (non-hydrogen) atoms. The number of rotatable bonds is 2. The van der Waals surface area contributed by atoms with Crippen LogP contribution in [0.4, 0.5) is 0 Å². The average Bonchev–Trinajstić information content (AvgIpc) is 1.98. The minimum absolute atomic E-state index is 0.240. The van der Waals surface area contributed by atoms with E-state index in [-0.39, 0.29) is 5.57 Å². The molecule has 0 spiro atoms. The van der Waals surface area contributed by atoms with Crippen LogP contribution in [0.15, 0.2) is 11.8 Å². The minimum Gasteiger partial charge on any atom is -0.499 e. The molecule has 2 N–H and O–H groups in total. The van der Waals surface area contributed by atoms with Crippen molar-refractivity contribution in [3.63, 3.8) is 0 Å². The third-order valence-corrected chi connectivity index (χ3v) is 0.695. The molecule has 0 aromatic carbocycles. The predicted molar refractivity (Wildman–Crippen MR) is 37.3 cm³/mol. The fraction of sp³-hybridized carbons (Fsp3) is 0.286. The molecule has 0 aliphatic heterocycles. The molecular weight excluding hydrogens is 128 g/mol. The number of nitrogens with zero attached hydrogens (tertiary/aromatic N) is 1. The van der Waals surface area contributed by atoms with Crippen molar-refractivity contribution in [2.24, 2.45) is 5.73 Å². The lowest BCUT2D eigenvalue weighted by atomic mass is 10.3. The largest absolute Gasteiger partial charge is 0.499 e. The van der Waals surface area contributed by atoms with Crippen LogP contribution in [0, 0.1) is 23.3 Å². The summed E-state index contributed by atoms with van der Waals surface area (Å²) < 4.78 is 4.80. The number of ether oxygens (including phenoxy) is 1. The van der Waals surface area contributed by atoms with Crippen LogP contribution in [-0.4, -0.2) is 6.61 Å². The van der Waals surface area contributed by atoms with Crippen LogP contribution in [0.1, 0.15) is 6.92 Å². The number of hydrogen-bond acceptors (Lipinski definition) is 3. The highest BCUT2D eigenvalue weighted by Gasteiger charge is 1.85. The first kappa shape index (κ1) is 8.39. The van der Waals surface area contributed by atoms with E-state index in [1.807, 2.05) is 13.0 Å². The summed E-state index contributed by atoms with van der Waals surface area (Å²) in [7, 11) is 0. The molecule has 0 aromatic heterocycles. The predicted octanol–water partition coefficient (Wildman–Crippen LogP) is 0.350. The summed E-state index contributed by atoms with van der Waals surface area (Å²) in [5.41, 5.74) is 5.11. The monoisotopic (exact) mass is 136 g/mol. The minimum atomic E-state index is 0.240. The Morgan fingerprint density at radius 2 is 2.50 bits per heavy atom. The molecule has 0 fully saturated rings. The quantitative estimate of drug-likeness (QED) is 0.258. The van der Waals surface area contributed by atoms with Crippen LogP contribution >= 0.6 is 0 Å². The van der Waals surface area contributed by atoms with Crippen LogP contribution in [0.25, 0.3) is 0 Å². The number of allylic oxidation sites excluding steroid dienone is 1. The number of nitrogens with two attached hydrogens (primary N) is 1. The summed E-state index contributed by atoms with van der Waals surface area (Å²) in [5.74, 6) is 2.37. The fourth-order valence-corrected chi connectivity index (χ4v) is 0.328. The van der Waals surface area contributed by atoms with E-state index in [0.717, 1.165) is 0 Å². The van der Waals surface area contributed by atoms with Crippen LogP contribution in [-0.2, 0) is 4.74 Å². The van der Waals surface area contributed by atoms with Crippen molar-refractivity contribution in [3.8, 4) is 18.0 Å². The van der Waals surface area contributed by atoms with Gasteiger partial charge in [0.1, 0.15) is 17.9 Å². The van der Waals surface area contributed by atoms with Crippen molar-refractivity contribution in [2.75, 3.05) is 6.61 Å². The van der Waals surface area contributed by atoms with Gasteiger partial charge in [0, 0.05) is 6.04 Å². The van der Waals surface area contributed by atoms with E-state index in [2.05, 4.69) is 12.0 Å². The van der Waals surface area contributed by atoms with Gasteiger partial charge < -0.3 is 10.5 Å². The van der Waals surface area contributed by atoms with Gasteiger partial charge in [0.25, 0.3) is 0 Å². The molecular formula is C7H8N2O. The first-order valence-electron chi connectivity index (χ1n) is 2.78. The van der Waals surface area contributed by atoms with Crippen LogP contribution in [0.2, 0.25) is 0 Å². The smallest absolute Gasteiger partial charge is 0.138 e. The van der Waals surface area contributed by atoms with Crippen molar-refractivity contribution < 1.29 is 4.74 Å². The van der Waals surface area contributed by atoms with Gasteiger partial charge in [-0.05, 0) is 12.8 Å². The summed E-state index contributed by atoms with van der Waals surface area (Å²) in [6.07, 6.45) is 1.29. The highest BCUT2D eigenvalue weighted by molar-refractivity contribution is 5.38. The molecule has 0 saturated carbocycles. The first-order valence-corrected chi connectivity index (χ1v) is 2.78. The van der Waals surface area contributed by atoms with Crippen LogP contribution in [0.3, 0.4) is 0 Å². The normalized spacial score (nSPS) is 9.00. The van der Waals surface area contributed by atoms with Gasteiger partial charge in [0.15, 0.2) is 0 Å². The second-order valence-corrected chi connectivity index (χ2v) is 1.37. The highest BCUT2D eigenvalue weighted by Crippen LogP contribution is 1.88. The molecule has 52 valence electrons. The number of hydrogen-bond donors (Lipinski definition) is 1. The fourth-order valence-electron chi connectivity index (χ4n) is 0.328. The molecule has 0 rings (SSSR count). The van der Waals surface area contributed by atoms with Gasteiger partial charge in [-0.25, -0.2) is 0 Å². The van der Waals surface area contributed by atoms with E-state index >= 15 is 0 Å². The highest BCUT2D eigenvalue weighted by atomic mass is 16.5. The van der Waals surface area contributed by atoms with Gasteiger partial charge in [-0.15, -0.1) is 0 Å². The van der Waals surface area contributed by atoms with Gasteiger partial charge in [-0.2, -0.15) is 5.26 Å². The topological polar surface area (TPSA) is 59.0 Å². The standard InChI is InChI=1S/C7H8N2O/c1-2-10-6-7(5-9)3-4-8/h6H,2,8H2,1H3/b7-6-. The molecule has 3 heteroatoms. The van der Waals surface area contributed by atoms with Crippen molar-refractivity contribution >= 4 is 0 Å². The molecule has 0 amide bonds. The van der Waals surface area contributed by atoms with E-state index in [1.54, 1.807) is 0 Å². The van der Waals surface area contributed by atoms with Gasteiger partial charge in [-0.3, -0.25) is 0 Å². The summed E-state index contributed by atoms with van der Waals surface area (Å²) in [4.78, 5) is 0. The molecule has 0 aliphatic carbocycles. The maximum absolute atomic E-state index is 8.33. The zero-order chi connectivity index (χ0) is 7.82. The molecule has 0 heterocycles. The second kappa shape index (κ2) is 5.53. The Kier molecular flexibility index (Phi) is 4.64. The Balaban J connectivity index is 4.04. The van der Waals surface area contributed by atoms with Crippen molar-refractivity contribution in [3.05, 3.63) is 11.8 Å². The molecule has 3 nitrogen and oxygen atoms in total. The van der Waals surface area contributed by atoms with Crippen LogP contribution < -0.4 is 5.73 Å². The van der Waals surface area contributed by atoms with Gasteiger partial charge in [-0.1, -0.05) is 0 Å². The summed E-state index contributed by atoms with van der Waals surface area (Å²) in [5, 5.41) is 8.33. The van der Waals surface area contributed by atoms with E-state index in [9.17, 15) is 0 Å². The van der Waals surface area contributed by atoms with Gasteiger partial charge in [0.2, 0.25) is 0 Å². The Labute approximate surface area is 60.1 Å². The summed E-state index contributed by atoms with van der Waals surface area (Å²) >= 11 is 0. The lowest BCUT2D eigenvalue weighted by Gasteiger charge is -1.89. The second-order valence-electron chi connectivity index (χ2n) is 1.37. The Morgan fingerprint density at radius 3 is 2.90 bits per heavy atom. The summed E-state index contributed by atoms with van der Waals surface area (Å²) in [6.45, 7) is 2.35. The van der Waals surface area contributed by atoms with Crippen molar-refractivity contribution in [1.82, 2.24) is 0 Å². The Bertz CT molecular complexity index is 214. The molecule has 0 aromatic rings. The molecule has 0 aliphatic rings. The zero-order valence-electron chi connectivity index (χ0n) is 5.72. The van der Waals surface area contributed by atoms with E-state index in [0.29, 0.717) is 6.61 Å². The van der Waals surface area contributed by atoms with Crippen LogP contribution in [0.5, 0.6) is 0 Å². The van der Waals surface area contributed by atoms with E-state index in [4.69, 9.17) is 15.7 Å². The summed E-state index contributed by atoms with van der Waals surface area (Å²) in [6, 6.07) is 3.93. The lowest BCUT2D eigenvalue weighted by Crippen LogP contribution is -1.83. The first-order chi connectivity index (χ1) is 4.85. The maximum Gasteiger partial charge on any atom is 0.138 e. The molecule has 0 radical (unpaired) electrons. The zero-order valence-corrected chi connectivity index (χ0v) is 5.72. The SMILES string of the molecule is CCO/C=C(\C#N)C#CN. The molecule has 0 bridgehead atoms. The average molecular weight is 136 g/mol. The van der Waals surface area contributed by atoms with E-state index < -0.39 is 0 Å². The van der Waals surface area contributed by atoms with E-state index in [1.165, 1.54) is 6.26 Å². The maximum atomic E-state index is 8.33. The molecule has 0 saturated heterocycles. The Morgan fingerprint density at radius 1 is 1.80 bits per heavy atom. The Hall–Kier alpha value is -1.61. The molecule has 0 unspecified atom stereocenters. The van der Waals surface area contributed by atoms with Crippen molar-refractivity contribution in [2.45, 2.75) is 6.92 Å². The van der Waals surface area contributed by atoms with Crippen molar-refractivity contribution in [1.29, 1.82) is 5.26 Å². The lowest BCUT2D eigenvalue weighted by molar-refractivity contribution is 0.268. The third kappa shape index (κ3) is 3.40. The third-order valence-electron chi connectivity index (χ3n) is 0.695. The number of nitriles is 1.